The first kappa shape index (κ1) is 14.3. The summed E-state index contributed by atoms with van der Waals surface area (Å²) in [6.45, 7) is 1.79. The minimum Gasteiger partial charge on any atom is -0.258 e. The molecule has 0 aliphatic heterocycles. The summed E-state index contributed by atoms with van der Waals surface area (Å²) in [5.74, 6) is -2.23. The summed E-state index contributed by atoms with van der Waals surface area (Å²) >= 11 is 6.03. The highest BCUT2D eigenvalue weighted by Crippen LogP contribution is 2.33. The van der Waals surface area contributed by atoms with Gasteiger partial charge in [0.2, 0.25) is 5.82 Å². The van der Waals surface area contributed by atoms with E-state index < -0.39 is 22.2 Å². The number of halogens is 3. The fraction of sp³-hybridized carbons (Fsp3) is 0.167. The Morgan fingerprint density at radius 2 is 2.00 bits per heavy atom. The normalized spacial score (nSPS) is 10.6. The van der Waals surface area contributed by atoms with Gasteiger partial charge in [-0.05, 0) is 6.42 Å². The van der Waals surface area contributed by atoms with Gasteiger partial charge in [0.05, 0.1) is 21.3 Å². The van der Waals surface area contributed by atoms with Crippen molar-refractivity contribution >= 4 is 17.3 Å². The van der Waals surface area contributed by atoms with Crippen LogP contribution in [0.25, 0.3) is 11.3 Å². The SMILES string of the molecule is CCc1ncnc(-c2cc([N+](=O)[O-])c(F)cc2F)c1Cl. The third kappa shape index (κ3) is 2.44. The minimum atomic E-state index is -1.25. The second-order valence-corrected chi connectivity index (χ2v) is 4.26. The molecule has 2 rings (SSSR count). The Morgan fingerprint density at radius 1 is 1.30 bits per heavy atom. The van der Waals surface area contributed by atoms with Crippen molar-refractivity contribution in [2.75, 3.05) is 0 Å². The van der Waals surface area contributed by atoms with Crippen molar-refractivity contribution in [2.24, 2.45) is 0 Å². The molecule has 0 aliphatic carbocycles. The van der Waals surface area contributed by atoms with Crippen LogP contribution in [0.1, 0.15) is 12.6 Å². The number of hydrogen-bond acceptors (Lipinski definition) is 4. The third-order valence-electron chi connectivity index (χ3n) is 2.68. The molecule has 0 saturated heterocycles. The highest BCUT2D eigenvalue weighted by molar-refractivity contribution is 6.33. The van der Waals surface area contributed by atoms with Crippen LogP contribution < -0.4 is 0 Å². The van der Waals surface area contributed by atoms with Crippen LogP contribution in [0, 0.1) is 21.7 Å². The van der Waals surface area contributed by atoms with E-state index in [1.165, 1.54) is 6.33 Å². The van der Waals surface area contributed by atoms with E-state index in [9.17, 15) is 18.9 Å². The second kappa shape index (κ2) is 5.46. The Labute approximate surface area is 117 Å². The molecule has 5 nitrogen and oxygen atoms in total. The van der Waals surface area contributed by atoms with Gasteiger partial charge >= 0.3 is 5.69 Å². The van der Waals surface area contributed by atoms with Gasteiger partial charge in [0, 0.05) is 17.7 Å². The van der Waals surface area contributed by atoms with E-state index in [2.05, 4.69) is 9.97 Å². The quantitative estimate of drug-likeness (QED) is 0.642. The molecular formula is C12H8ClF2N3O2. The molecule has 0 unspecified atom stereocenters. The maximum absolute atomic E-state index is 13.8. The maximum Gasteiger partial charge on any atom is 0.305 e. The van der Waals surface area contributed by atoms with Gasteiger partial charge in [0.15, 0.2) is 0 Å². The van der Waals surface area contributed by atoms with Crippen LogP contribution >= 0.6 is 11.6 Å². The summed E-state index contributed by atoms with van der Waals surface area (Å²) in [6.07, 6.45) is 1.66. The monoisotopic (exact) mass is 299 g/mol. The molecule has 8 heteroatoms. The molecule has 0 spiro atoms. The van der Waals surface area contributed by atoms with Crippen LogP contribution in [0.5, 0.6) is 0 Å². The van der Waals surface area contributed by atoms with Crippen LogP contribution in [-0.2, 0) is 6.42 Å². The Hall–Kier alpha value is -2.15. The van der Waals surface area contributed by atoms with E-state index in [-0.39, 0.29) is 16.3 Å². The van der Waals surface area contributed by atoms with E-state index in [4.69, 9.17) is 11.6 Å². The molecule has 0 N–H and O–H groups in total. The Bertz CT molecular complexity index is 695. The van der Waals surface area contributed by atoms with E-state index in [0.29, 0.717) is 18.2 Å². The van der Waals surface area contributed by atoms with Crippen molar-refractivity contribution < 1.29 is 13.7 Å². The highest BCUT2D eigenvalue weighted by atomic mass is 35.5. The lowest BCUT2D eigenvalue weighted by atomic mass is 10.1. The van der Waals surface area contributed by atoms with Gasteiger partial charge in [-0.3, -0.25) is 10.1 Å². The highest BCUT2D eigenvalue weighted by Gasteiger charge is 2.22. The predicted octanol–water partition coefficient (Wildman–Crippen LogP) is 3.55. The molecule has 1 heterocycles. The first-order valence-electron chi connectivity index (χ1n) is 5.58. The summed E-state index contributed by atoms with van der Waals surface area (Å²) < 4.78 is 27.1. The van der Waals surface area contributed by atoms with Gasteiger partial charge in [0.1, 0.15) is 12.1 Å². The number of nitrogens with zero attached hydrogens (tertiary/aromatic N) is 3. The van der Waals surface area contributed by atoms with Crippen LogP contribution in [0.15, 0.2) is 18.5 Å². The molecule has 0 amide bonds. The number of hydrogen-bond donors (Lipinski definition) is 0. The van der Waals surface area contributed by atoms with E-state index in [0.717, 1.165) is 6.07 Å². The molecule has 0 radical (unpaired) electrons. The van der Waals surface area contributed by atoms with Crippen molar-refractivity contribution in [1.82, 2.24) is 9.97 Å². The van der Waals surface area contributed by atoms with E-state index >= 15 is 0 Å². The zero-order valence-corrected chi connectivity index (χ0v) is 11.0. The molecule has 0 bridgehead atoms. The zero-order chi connectivity index (χ0) is 14.9. The summed E-state index contributed by atoms with van der Waals surface area (Å²) in [5, 5.41) is 10.8. The fourth-order valence-electron chi connectivity index (χ4n) is 1.70. The van der Waals surface area contributed by atoms with Crippen LogP contribution in [0.2, 0.25) is 5.02 Å². The number of aromatic nitrogens is 2. The molecule has 1 aromatic carbocycles. The average Bonchev–Trinajstić information content (AvgIpc) is 2.39. The van der Waals surface area contributed by atoms with Gasteiger partial charge in [-0.25, -0.2) is 14.4 Å². The summed E-state index contributed by atoms with van der Waals surface area (Å²) in [5.41, 5.74) is -0.600. The van der Waals surface area contributed by atoms with Crippen molar-refractivity contribution in [3.05, 3.63) is 50.9 Å². The first-order valence-corrected chi connectivity index (χ1v) is 5.96. The predicted molar refractivity (Wildman–Crippen MR) is 68.4 cm³/mol. The minimum absolute atomic E-state index is 0.000818. The van der Waals surface area contributed by atoms with Crippen LogP contribution in [0.3, 0.4) is 0 Å². The van der Waals surface area contributed by atoms with Crippen molar-refractivity contribution in [3.63, 3.8) is 0 Å². The second-order valence-electron chi connectivity index (χ2n) is 3.88. The maximum atomic E-state index is 13.8. The largest absolute Gasteiger partial charge is 0.305 e. The van der Waals surface area contributed by atoms with Crippen molar-refractivity contribution in [3.8, 4) is 11.3 Å². The first-order chi connectivity index (χ1) is 9.45. The van der Waals surface area contributed by atoms with Crippen LogP contribution in [-0.4, -0.2) is 14.9 Å². The molecule has 1 aromatic heterocycles. The lowest BCUT2D eigenvalue weighted by Crippen LogP contribution is -1.99. The summed E-state index contributed by atoms with van der Waals surface area (Å²) in [6, 6.07) is 1.22. The molecule has 20 heavy (non-hydrogen) atoms. The van der Waals surface area contributed by atoms with Crippen molar-refractivity contribution in [2.45, 2.75) is 13.3 Å². The number of nitro groups is 1. The number of benzene rings is 1. The van der Waals surface area contributed by atoms with E-state index in [1.54, 1.807) is 6.92 Å². The Kier molecular flexibility index (Phi) is 3.89. The average molecular weight is 300 g/mol. The topological polar surface area (TPSA) is 68.9 Å². The van der Waals surface area contributed by atoms with Gasteiger partial charge in [0.25, 0.3) is 0 Å². The zero-order valence-electron chi connectivity index (χ0n) is 10.2. The van der Waals surface area contributed by atoms with Gasteiger partial charge in [-0.1, -0.05) is 18.5 Å². The van der Waals surface area contributed by atoms with Crippen LogP contribution in [0.4, 0.5) is 14.5 Å². The molecule has 0 atom stereocenters. The van der Waals surface area contributed by atoms with Gasteiger partial charge in [-0.15, -0.1) is 0 Å². The Morgan fingerprint density at radius 3 is 2.60 bits per heavy atom. The van der Waals surface area contributed by atoms with E-state index in [1.807, 2.05) is 0 Å². The fourth-order valence-corrected chi connectivity index (χ4v) is 2.03. The third-order valence-corrected chi connectivity index (χ3v) is 3.08. The van der Waals surface area contributed by atoms with Gasteiger partial charge < -0.3 is 0 Å². The molecule has 0 aliphatic rings. The standard InChI is InChI=1S/C12H8ClF2N3O2/c1-2-9-11(13)12(17-5-16-9)6-3-10(18(19)20)8(15)4-7(6)14/h3-5H,2H2,1H3. The molecule has 0 saturated carbocycles. The molecule has 0 fully saturated rings. The summed E-state index contributed by atoms with van der Waals surface area (Å²) in [4.78, 5) is 17.5. The molecule has 104 valence electrons. The lowest BCUT2D eigenvalue weighted by molar-refractivity contribution is -0.387. The smallest absolute Gasteiger partial charge is 0.258 e. The number of nitro benzene ring substituents is 1. The Balaban J connectivity index is 2.70. The summed E-state index contributed by atoms with van der Waals surface area (Å²) in [7, 11) is 0. The lowest BCUT2D eigenvalue weighted by Gasteiger charge is -2.07. The van der Waals surface area contributed by atoms with Gasteiger partial charge in [-0.2, -0.15) is 4.39 Å². The van der Waals surface area contributed by atoms with Crippen molar-refractivity contribution in [1.29, 1.82) is 0 Å². The number of aryl methyl sites for hydroxylation is 1. The molecular weight excluding hydrogens is 292 g/mol. The molecule has 2 aromatic rings. The number of rotatable bonds is 3.